The lowest BCUT2D eigenvalue weighted by atomic mass is 10.5. The van der Waals surface area contributed by atoms with Gasteiger partial charge in [0.05, 0.1) is 13.2 Å². The summed E-state index contributed by atoms with van der Waals surface area (Å²) in [6.45, 7) is 0.192. The van der Waals surface area contributed by atoms with Crippen LogP contribution in [0.5, 0.6) is 0 Å². The van der Waals surface area contributed by atoms with Crippen molar-refractivity contribution in [3.8, 4) is 0 Å². The molecule has 0 radical (unpaired) electrons. The number of nitrogens with one attached hydrogen (secondary N) is 1. The zero-order valence-corrected chi connectivity index (χ0v) is 9.72. The fourth-order valence-corrected chi connectivity index (χ4v) is 0.758. The van der Waals surface area contributed by atoms with Gasteiger partial charge in [0.2, 0.25) is 5.96 Å². The van der Waals surface area contributed by atoms with E-state index in [1.807, 2.05) is 0 Å². The second-order valence-electron chi connectivity index (χ2n) is 2.29. The van der Waals surface area contributed by atoms with E-state index in [9.17, 15) is 0 Å². The Bertz CT molecular complexity index is 192. The second-order valence-corrected chi connectivity index (χ2v) is 2.29. The molecule has 0 aromatic rings. The predicted molar refractivity (Wildman–Crippen MR) is 63.8 cm³/mol. The van der Waals surface area contributed by atoms with Gasteiger partial charge in [-0.25, -0.2) is 0 Å². The highest BCUT2D eigenvalue weighted by atomic mass is 35.5. The van der Waals surface area contributed by atoms with Crippen molar-refractivity contribution >= 4 is 36.7 Å². The molecule has 0 aliphatic rings. The van der Waals surface area contributed by atoms with Crippen molar-refractivity contribution < 1.29 is 10.2 Å². The number of rotatable bonds is 4. The monoisotopic (exact) mass is 261 g/mol. The Kier molecular flexibility index (Phi) is 14.9. The highest BCUT2D eigenvalue weighted by Crippen LogP contribution is 1.90. The standard InChI is InChI=1S/C6H15N5O2.2ClH/c7-5(8)10-6(9)11(1-3-12)2-4-13;;/h12-13H,1-4H2,(H5,7,8,9,10);2*1H. The van der Waals surface area contributed by atoms with Crippen molar-refractivity contribution in [1.82, 2.24) is 4.90 Å². The summed E-state index contributed by atoms with van der Waals surface area (Å²) in [4.78, 5) is 4.84. The van der Waals surface area contributed by atoms with Crippen LogP contribution in [0.3, 0.4) is 0 Å². The topological polar surface area (TPSA) is 132 Å². The summed E-state index contributed by atoms with van der Waals surface area (Å²) >= 11 is 0. The van der Waals surface area contributed by atoms with Gasteiger partial charge in [0.1, 0.15) is 0 Å². The molecule has 7 nitrogen and oxygen atoms in total. The highest BCUT2D eigenvalue weighted by Gasteiger charge is 2.06. The molecular weight excluding hydrogens is 245 g/mol. The van der Waals surface area contributed by atoms with Crippen molar-refractivity contribution in [1.29, 1.82) is 5.41 Å². The molecule has 0 atom stereocenters. The van der Waals surface area contributed by atoms with Crippen LogP contribution in [0.15, 0.2) is 4.99 Å². The van der Waals surface area contributed by atoms with Crippen LogP contribution in [-0.2, 0) is 0 Å². The molecule has 7 N–H and O–H groups in total. The third-order valence-electron chi connectivity index (χ3n) is 1.27. The Balaban J connectivity index is -0.000000720. The van der Waals surface area contributed by atoms with E-state index in [0.29, 0.717) is 0 Å². The summed E-state index contributed by atoms with van der Waals surface area (Å²) in [6, 6.07) is 0. The number of nitrogens with zero attached hydrogens (tertiary/aromatic N) is 2. The largest absolute Gasteiger partial charge is 0.395 e. The van der Waals surface area contributed by atoms with Gasteiger partial charge in [0.15, 0.2) is 5.96 Å². The Morgan fingerprint density at radius 3 is 1.80 bits per heavy atom. The summed E-state index contributed by atoms with van der Waals surface area (Å²) in [7, 11) is 0. The van der Waals surface area contributed by atoms with Crippen LogP contribution >= 0.6 is 24.8 Å². The van der Waals surface area contributed by atoms with E-state index in [2.05, 4.69) is 4.99 Å². The average Bonchev–Trinajstić information content (AvgIpc) is 2.02. The first-order valence-corrected chi connectivity index (χ1v) is 3.76. The SMILES string of the molecule is Cl.Cl.N=C(N=C(N)N)N(CCO)CCO. The number of aliphatic imine (C=N–C) groups is 1. The van der Waals surface area contributed by atoms with Gasteiger partial charge in [0, 0.05) is 13.1 Å². The normalized spacial score (nSPS) is 8.13. The van der Waals surface area contributed by atoms with E-state index < -0.39 is 0 Å². The van der Waals surface area contributed by atoms with Gasteiger partial charge in [-0.05, 0) is 0 Å². The van der Waals surface area contributed by atoms with Gasteiger partial charge in [-0.15, -0.1) is 24.8 Å². The van der Waals surface area contributed by atoms with Gasteiger partial charge < -0.3 is 26.6 Å². The maximum Gasteiger partial charge on any atom is 0.221 e. The minimum atomic E-state index is -0.217. The number of guanidine groups is 2. The van der Waals surface area contributed by atoms with Crippen LogP contribution in [0.2, 0.25) is 0 Å². The van der Waals surface area contributed by atoms with Gasteiger partial charge in [-0.1, -0.05) is 0 Å². The Morgan fingerprint density at radius 1 is 1.13 bits per heavy atom. The number of hydrogen-bond acceptors (Lipinski definition) is 3. The fourth-order valence-electron chi connectivity index (χ4n) is 0.758. The molecule has 0 unspecified atom stereocenters. The van der Waals surface area contributed by atoms with Crippen LogP contribution in [-0.4, -0.2) is 53.3 Å². The molecule has 0 aliphatic heterocycles. The van der Waals surface area contributed by atoms with Gasteiger partial charge >= 0.3 is 0 Å². The molecular formula is C6H17Cl2N5O2. The third kappa shape index (κ3) is 9.54. The highest BCUT2D eigenvalue weighted by molar-refractivity contribution is 5.91. The smallest absolute Gasteiger partial charge is 0.221 e. The zero-order chi connectivity index (χ0) is 10.3. The molecule has 0 rings (SSSR count). The molecule has 15 heavy (non-hydrogen) atoms. The van der Waals surface area contributed by atoms with E-state index in [0.717, 1.165) is 0 Å². The Labute approximate surface area is 100 Å². The first-order chi connectivity index (χ1) is 6.11. The van der Waals surface area contributed by atoms with Crippen LogP contribution in [0.4, 0.5) is 0 Å². The zero-order valence-electron chi connectivity index (χ0n) is 8.09. The first kappa shape index (κ1) is 19.8. The molecule has 0 fully saturated rings. The second kappa shape index (κ2) is 11.3. The summed E-state index contributed by atoms with van der Waals surface area (Å²) in [5.74, 6) is -0.381. The summed E-state index contributed by atoms with van der Waals surface area (Å²) in [5, 5.41) is 24.6. The number of aliphatic hydroxyl groups excluding tert-OH is 2. The van der Waals surface area contributed by atoms with Crippen LogP contribution in [0.1, 0.15) is 0 Å². The number of hydrogen-bond donors (Lipinski definition) is 5. The molecule has 0 aliphatic carbocycles. The molecule has 0 bridgehead atoms. The molecule has 0 spiro atoms. The van der Waals surface area contributed by atoms with E-state index in [-0.39, 0.29) is 63.0 Å². The molecule has 0 amide bonds. The van der Waals surface area contributed by atoms with E-state index in [4.69, 9.17) is 27.1 Å². The summed E-state index contributed by atoms with van der Waals surface area (Å²) in [5.41, 5.74) is 10.1. The lowest BCUT2D eigenvalue weighted by Crippen LogP contribution is -2.36. The molecule has 0 aromatic heterocycles. The average molecular weight is 262 g/mol. The van der Waals surface area contributed by atoms with Crippen LogP contribution in [0.25, 0.3) is 0 Å². The van der Waals surface area contributed by atoms with Crippen molar-refractivity contribution in [3.63, 3.8) is 0 Å². The Hall–Kier alpha value is -0.760. The third-order valence-corrected chi connectivity index (χ3v) is 1.27. The van der Waals surface area contributed by atoms with Gasteiger partial charge in [-0.2, -0.15) is 4.99 Å². The van der Waals surface area contributed by atoms with Crippen LogP contribution < -0.4 is 11.5 Å². The molecule has 92 valence electrons. The maximum absolute atomic E-state index is 8.62. The van der Waals surface area contributed by atoms with E-state index >= 15 is 0 Å². The molecule has 0 saturated carbocycles. The summed E-state index contributed by atoms with van der Waals surface area (Å²) < 4.78 is 0. The number of halogens is 2. The summed E-state index contributed by atoms with van der Waals surface area (Å²) in [6.07, 6.45) is 0. The van der Waals surface area contributed by atoms with E-state index in [1.54, 1.807) is 0 Å². The molecule has 0 aromatic carbocycles. The minimum absolute atomic E-state index is 0. The van der Waals surface area contributed by atoms with Crippen molar-refractivity contribution in [2.75, 3.05) is 26.3 Å². The van der Waals surface area contributed by atoms with Crippen LogP contribution in [0, 0.1) is 5.41 Å². The molecule has 0 saturated heterocycles. The van der Waals surface area contributed by atoms with Crippen molar-refractivity contribution in [3.05, 3.63) is 0 Å². The quantitative estimate of drug-likeness (QED) is 0.305. The molecule has 0 heterocycles. The van der Waals surface area contributed by atoms with Gasteiger partial charge in [0.25, 0.3) is 0 Å². The van der Waals surface area contributed by atoms with Crippen molar-refractivity contribution in [2.24, 2.45) is 16.5 Å². The fraction of sp³-hybridized carbons (Fsp3) is 0.667. The number of aliphatic hydroxyl groups is 2. The minimum Gasteiger partial charge on any atom is -0.395 e. The maximum atomic E-state index is 8.62. The predicted octanol–water partition coefficient (Wildman–Crippen LogP) is -1.68. The lowest BCUT2D eigenvalue weighted by molar-refractivity contribution is 0.210. The van der Waals surface area contributed by atoms with E-state index in [1.165, 1.54) is 4.90 Å². The first-order valence-electron chi connectivity index (χ1n) is 3.76. The van der Waals surface area contributed by atoms with Crippen molar-refractivity contribution in [2.45, 2.75) is 0 Å². The Morgan fingerprint density at radius 2 is 1.53 bits per heavy atom. The lowest BCUT2D eigenvalue weighted by Gasteiger charge is -2.19. The van der Waals surface area contributed by atoms with Gasteiger partial charge in [-0.3, -0.25) is 5.41 Å². The number of nitrogens with two attached hydrogens (primary N) is 2. The molecule has 9 heteroatoms.